The first-order valence-corrected chi connectivity index (χ1v) is 5.92. The summed E-state index contributed by atoms with van der Waals surface area (Å²) in [6.07, 6.45) is 2.95. The Morgan fingerprint density at radius 2 is 2.00 bits per heavy atom. The first-order valence-electron chi connectivity index (χ1n) is 5.92. The largest absolute Gasteiger partial charge is 0.313 e. The molecule has 0 amide bonds. The predicted octanol–water partition coefficient (Wildman–Crippen LogP) is 2.23. The van der Waals surface area contributed by atoms with Crippen molar-refractivity contribution in [3.05, 3.63) is 53.3 Å². The molecular formula is C14H19N3. The van der Waals surface area contributed by atoms with Crippen LogP contribution in [0.1, 0.15) is 22.9 Å². The highest BCUT2D eigenvalue weighted by atomic mass is 15.3. The highest BCUT2D eigenvalue weighted by molar-refractivity contribution is 5.24. The van der Waals surface area contributed by atoms with Gasteiger partial charge in [-0.15, -0.1) is 0 Å². The molecule has 0 saturated heterocycles. The third-order valence-corrected chi connectivity index (χ3v) is 3.28. The van der Waals surface area contributed by atoms with E-state index in [4.69, 9.17) is 0 Å². The van der Waals surface area contributed by atoms with Gasteiger partial charge in [0.05, 0.1) is 6.20 Å². The van der Waals surface area contributed by atoms with Crippen LogP contribution in [0.5, 0.6) is 0 Å². The van der Waals surface area contributed by atoms with Gasteiger partial charge in [0.25, 0.3) is 0 Å². The van der Waals surface area contributed by atoms with Crippen molar-refractivity contribution in [3.8, 4) is 0 Å². The van der Waals surface area contributed by atoms with Crippen LogP contribution in [0.2, 0.25) is 0 Å². The van der Waals surface area contributed by atoms with Gasteiger partial charge in [-0.3, -0.25) is 4.68 Å². The van der Waals surface area contributed by atoms with Crippen LogP contribution in [0.4, 0.5) is 0 Å². The van der Waals surface area contributed by atoms with E-state index in [0.717, 1.165) is 6.42 Å². The second-order valence-electron chi connectivity index (χ2n) is 4.34. The fourth-order valence-corrected chi connectivity index (χ4v) is 2.08. The summed E-state index contributed by atoms with van der Waals surface area (Å²) in [5, 5.41) is 7.67. The maximum Gasteiger partial charge on any atom is 0.0540 e. The van der Waals surface area contributed by atoms with E-state index in [-0.39, 0.29) is 0 Å². The molecule has 90 valence electrons. The summed E-state index contributed by atoms with van der Waals surface area (Å²) in [5.41, 5.74) is 3.84. The van der Waals surface area contributed by atoms with E-state index < -0.39 is 0 Å². The summed E-state index contributed by atoms with van der Waals surface area (Å²) in [4.78, 5) is 0. The van der Waals surface area contributed by atoms with Crippen molar-refractivity contribution in [1.82, 2.24) is 15.1 Å². The molecule has 1 heterocycles. The topological polar surface area (TPSA) is 29.9 Å². The molecule has 1 aromatic heterocycles. The number of likely N-dealkylation sites (N-methyl/N-ethyl adjacent to an activating group) is 1. The molecule has 1 aromatic carbocycles. The van der Waals surface area contributed by atoms with Crippen molar-refractivity contribution >= 4 is 0 Å². The lowest BCUT2D eigenvalue weighted by molar-refractivity contribution is 0.586. The van der Waals surface area contributed by atoms with Crippen LogP contribution in [0.3, 0.4) is 0 Å². The number of hydrogen-bond donors (Lipinski definition) is 1. The lowest BCUT2D eigenvalue weighted by atomic mass is 10.00. The SMILES string of the molecule is CNC(Cc1ccccc1)c1cnn(C)c1C. The molecule has 0 spiro atoms. The molecule has 1 N–H and O–H groups in total. The minimum atomic E-state index is 0.325. The molecule has 0 radical (unpaired) electrons. The van der Waals surface area contributed by atoms with Crippen LogP contribution in [-0.2, 0) is 13.5 Å². The Balaban J connectivity index is 2.20. The maximum absolute atomic E-state index is 4.30. The van der Waals surface area contributed by atoms with Crippen LogP contribution in [-0.4, -0.2) is 16.8 Å². The fraction of sp³-hybridized carbons (Fsp3) is 0.357. The van der Waals surface area contributed by atoms with E-state index in [2.05, 4.69) is 41.6 Å². The van der Waals surface area contributed by atoms with Crippen LogP contribution >= 0.6 is 0 Å². The normalized spacial score (nSPS) is 12.6. The zero-order valence-electron chi connectivity index (χ0n) is 10.6. The lowest BCUT2D eigenvalue weighted by Crippen LogP contribution is -2.19. The smallest absolute Gasteiger partial charge is 0.0540 e. The average molecular weight is 229 g/mol. The standard InChI is InChI=1S/C14H19N3/c1-11-13(10-16-17(11)3)14(15-2)9-12-7-5-4-6-8-12/h4-8,10,14-15H,9H2,1-3H3. The molecule has 0 bridgehead atoms. The fourth-order valence-electron chi connectivity index (χ4n) is 2.08. The van der Waals surface area contributed by atoms with Crippen molar-refractivity contribution in [2.75, 3.05) is 7.05 Å². The highest BCUT2D eigenvalue weighted by Crippen LogP contribution is 2.20. The van der Waals surface area contributed by atoms with E-state index in [1.54, 1.807) is 0 Å². The Morgan fingerprint density at radius 1 is 1.29 bits per heavy atom. The van der Waals surface area contributed by atoms with Gasteiger partial charge in [-0.2, -0.15) is 5.10 Å². The molecule has 0 aliphatic heterocycles. The monoisotopic (exact) mass is 229 g/mol. The molecule has 1 atom stereocenters. The van der Waals surface area contributed by atoms with Crippen molar-refractivity contribution in [2.45, 2.75) is 19.4 Å². The Labute approximate surface area is 102 Å². The van der Waals surface area contributed by atoms with E-state index in [1.165, 1.54) is 16.8 Å². The summed E-state index contributed by atoms with van der Waals surface area (Å²) in [6, 6.07) is 10.9. The number of nitrogens with one attached hydrogen (secondary N) is 1. The molecule has 0 saturated carbocycles. The summed E-state index contributed by atoms with van der Waals surface area (Å²) in [7, 11) is 3.98. The van der Waals surface area contributed by atoms with Gasteiger partial charge in [-0.05, 0) is 26.0 Å². The number of hydrogen-bond acceptors (Lipinski definition) is 2. The van der Waals surface area contributed by atoms with E-state index in [1.807, 2.05) is 31.0 Å². The van der Waals surface area contributed by atoms with E-state index in [9.17, 15) is 0 Å². The van der Waals surface area contributed by atoms with Gasteiger partial charge in [0.15, 0.2) is 0 Å². The zero-order chi connectivity index (χ0) is 12.3. The molecular weight excluding hydrogens is 210 g/mol. The molecule has 2 aromatic rings. The maximum atomic E-state index is 4.30. The Hall–Kier alpha value is -1.61. The number of nitrogens with zero attached hydrogens (tertiary/aromatic N) is 2. The van der Waals surface area contributed by atoms with Gasteiger partial charge >= 0.3 is 0 Å². The van der Waals surface area contributed by atoms with Crippen LogP contribution in [0, 0.1) is 6.92 Å². The first kappa shape index (κ1) is 11.9. The molecule has 1 unspecified atom stereocenters. The first-order chi connectivity index (χ1) is 8.22. The highest BCUT2D eigenvalue weighted by Gasteiger charge is 2.15. The van der Waals surface area contributed by atoms with Crippen molar-refractivity contribution < 1.29 is 0 Å². The van der Waals surface area contributed by atoms with Crippen LogP contribution in [0.25, 0.3) is 0 Å². The number of aryl methyl sites for hydroxylation is 1. The summed E-state index contributed by atoms with van der Waals surface area (Å²) in [6.45, 7) is 2.11. The number of aromatic nitrogens is 2. The molecule has 3 heteroatoms. The number of rotatable bonds is 4. The second kappa shape index (κ2) is 5.15. The zero-order valence-corrected chi connectivity index (χ0v) is 10.6. The van der Waals surface area contributed by atoms with E-state index in [0.29, 0.717) is 6.04 Å². The molecule has 2 rings (SSSR count). The van der Waals surface area contributed by atoms with Gasteiger partial charge < -0.3 is 5.32 Å². The van der Waals surface area contributed by atoms with Gasteiger partial charge in [-0.25, -0.2) is 0 Å². The minimum absolute atomic E-state index is 0.325. The average Bonchev–Trinajstić information content (AvgIpc) is 2.69. The number of benzene rings is 1. The summed E-state index contributed by atoms with van der Waals surface area (Å²) < 4.78 is 1.92. The molecule has 0 fully saturated rings. The van der Waals surface area contributed by atoms with Crippen LogP contribution in [0.15, 0.2) is 36.5 Å². The van der Waals surface area contributed by atoms with Crippen molar-refractivity contribution in [3.63, 3.8) is 0 Å². The summed E-state index contributed by atoms with van der Waals surface area (Å²) in [5.74, 6) is 0. The van der Waals surface area contributed by atoms with Gasteiger partial charge in [-0.1, -0.05) is 30.3 Å². The van der Waals surface area contributed by atoms with E-state index >= 15 is 0 Å². The van der Waals surface area contributed by atoms with Gasteiger partial charge in [0.2, 0.25) is 0 Å². The van der Waals surface area contributed by atoms with Gasteiger partial charge in [0, 0.05) is 24.3 Å². The second-order valence-corrected chi connectivity index (χ2v) is 4.34. The quantitative estimate of drug-likeness (QED) is 0.871. The van der Waals surface area contributed by atoms with Crippen molar-refractivity contribution in [2.24, 2.45) is 7.05 Å². The molecule has 0 aliphatic rings. The van der Waals surface area contributed by atoms with Crippen molar-refractivity contribution in [1.29, 1.82) is 0 Å². The molecule has 0 aliphatic carbocycles. The third kappa shape index (κ3) is 2.56. The lowest BCUT2D eigenvalue weighted by Gasteiger charge is -2.16. The molecule has 17 heavy (non-hydrogen) atoms. The molecule has 3 nitrogen and oxygen atoms in total. The van der Waals surface area contributed by atoms with Crippen LogP contribution < -0.4 is 5.32 Å². The van der Waals surface area contributed by atoms with Gasteiger partial charge in [0.1, 0.15) is 0 Å². The Kier molecular flexibility index (Phi) is 3.59. The summed E-state index contributed by atoms with van der Waals surface area (Å²) >= 11 is 0. The Bertz CT molecular complexity index is 473. The third-order valence-electron chi connectivity index (χ3n) is 3.28. The Morgan fingerprint density at radius 3 is 2.53 bits per heavy atom. The predicted molar refractivity (Wildman–Crippen MR) is 69.9 cm³/mol. The minimum Gasteiger partial charge on any atom is -0.313 e.